The van der Waals surface area contributed by atoms with Crippen LogP contribution in [0.3, 0.4) is 0 Å². The SMILES string of the molecule is COc1ccn2c(C3CCCO3)ncc2c1. The second kappa shape index (κ2) is 3.79. The highest BCUT2D eigenvalue weighted by molar-refractivity contribution is 5.50. The molecule has 1 aliphatic rings. The van der Waals surface area contributed by atoms with E-state index in [4.69, 9.17) is 9.47 Å². The minimum Gasteiger partial charge on any atom is -0.497 e. The summed E-state index contributed by atoms with van der Waals surface area (Å²) in [4.78, 5) is 4.44. The van der Waals surface area contributed by atoms with Crippen LogP contribution in [0.15, 0.2) is 24.5 Å². The second-order valence-corrected chi connectivity index (χ2v) is 3.98. The van der Waals surface area contributed by atoms with Crippen LogP contribution in [0.25, 0.3) is 5.52 Å². The van der Waals surface area contributed by atoms with Gasteiger partial charge in [0, 0.05) is 18.9 Å². The Morgan fingerprint density at radius 1 is 1.56 bits per heavy atom. The van der Waals surface area contributed by atoms with E-state index in [1.807, 2.05) is 24.5 Å². The number of pyridine rings is 1. The molecule has 0 N–H and O–H groups in total. The third kappa shape index (κ3) is 1.46. The zero-order chi connectivity index (χ0) is 11.0. The van der Waals surface area contributed by atoms with Gasteiger partial charge in [0.25, 0.3) is 0 Å². The first kappa shape index (κ1) is 9.66. The number of rotatable bonds is 2. The molecule has 4 nitrogen and oxygen atoms in total. The van der Waals surface area contributed by atoms with Crippen molar-refractivity contribution in [2.75, 3.05) is 13.7 Å². The Morgan fingerprint density at radius 2 is 2.50 bits per heavy atom. The molecular formula is C12H14N2O2. The molecule has 1 unspecified atom stereocenters. The zero-order valence-electron chi connectivity index (χ0n) is 9.22. The Kier molecular flexibility index (Phi) is 2.29. The van der Waals surface area contributed by atoms with Crippen molar-refractivity contribution in [2.45, 2.75) is 18.9 Å². The van der Waals surface area contributed by atoms with Crippen LogP contribution in [0.1, 0.15) is 24.8 Å². The minimum absolute atomic E-state index is 0.149. The molecule has 1 atom stereocenters. The van der Waals surface area contributed by atoms with Crippen LogP contribution in [-0.2, 0) is 4.74 Å². The number of fused-ring (bicyclic) bond motifs is 1. The summed E-state index contributed by atoms with van der Waals surface area (Å²) in [5.41, 5.74) is 1.05. The molecule has 1 saturated heterocycles. The third-order valence-electron chi connectivity index (χ3n) is 2.99. The van der Waals surface area contributed by atoms with E-state index in [2.05, 4.69) is 9.38 Å². The van der Waals surface area contributed by atoms with E-state index >= 15 is 0 Å². The average Bonchev–Trinajstić information content (AvgIpc) is 2.96. The highest BCUT2D eigenvalue weighted by Crippen LogP contribution is 2.28. The lowest BCUT2D eigenvalue weighted by molar-refractivity contribution is 0.104. The monoisotopic (exact) mass is 218 g/mol. The Hall–Kier alpha value is -1.55. The molecule has 0 spiro atoms. The maximum Gasteiger partial charge on any atom is 0.142 e. The molecule has 1 aliphatic heterocycles. The number of nitrogens with zero attached hydrogens (tertiary/aromatic N) is 2. The van der Waals surface area contributed by atoms with E-state index in [1.54, 1.807) is 7.11 Å². The van der Waals surface area contributed by atoms with Gasteiger partial charge >= 0.3 is 0 Å². The molecule has 0 bridgehead atoms. The maximum atomic E-state index is 5.65. The molecule has 2 aromatic heterocycles. The molecule has 0 radical (unpaired) electrons. The van der Waals surface area contributed by atoms with Crippen molar-refractivity contribution in [3.63, 3.8) is 0 Å². The van der Waals surface area contributed by atoms with Crippen LogP contribution in [0.5, 0.6) is 5.75 Å². The molecular weight excluding hydrogens is 204 g/mol. The second-order valence-electron chi connectivity index (χ2n) is 3.98. The standard InChI is InChI=1S/C12H14N2O2/c1-15-10-4-5-14-9(7-10)8-13-12(14)11-3-2-6-16-11/h4-5,7-8,11H,2-3,6H2,1H3. The van der Waals surface area contributed by atoms with Gasteiger partial charge in [-0.3, -0.25) is 0 Å². The summed E-state index contributed by atoms with van der Waals surface area (Å²) < 4.78 is 12.9. The summed E-state index contributed by atoms with van der Waals surface area (Å²) in [6.45, 7) is 0.843. The van der Waals surface area contributed by atoms with Crippen molar-refractivity contribution in [1.29, 1.82) is 0 Å². The highest BCUT2D eigenvalue weighted by atomic mass is 16.5. The average molecular weight is 218 g/mol. The lowest BCUT2D eigenvalue weighted by Gasteiger charge is -2.08. The van der Waals surface area contributed by atoms with Gasteiger partial charge in [-0.25, -0.2) is 4.98 Å². The number of hydrogen-bond acceptors (Lipinski definition) is 3. The summed E-state index contributed by atoms with van der Waals surface area (Å²) in [5, 5.41) is 0. The number of hydrogen-bond donors (Lipinski definition) is 0. The Balaban J connectivity index is 2.06. The lowest BCUT2D eigenvalue weighted by Crippen LogP contribution is -2.02. The van der Waals surface area contributed by atoms with Crippen LogP contribution in [-0.4, -0.2) is 23.1 Å². The van der Waals surface area contributed by atoms with Crippen LogP contribution < -0.4 is 4.74 Å². The number of aromatic nitrogens is 2. The van der Waals surface area contributed by atoms with E-state index in [0.717, 1.165) is 36.5 Å². The van der Waals surface area contributed by atoms with Gasteiger partial charge in [-0.1, -0.05) is 0 Å². The summed E-state index contributed by atoms with van der Waals surface area (Å²) in [6, 6.07) is 3.92. The van der Waals surface area contributed by atoms with E-state index in [9.17, 15) is 0 Å². The fourth-order valence-corrected chi connectivity index (χ4v) is 2.15. The Bertz CT molecular complexity index is 501. The van der Waals surface area contributed by atoms with Gasteiger partial charge in [0.05, 0.1) is 18.8 Å². The van der Waals surface area contributed by atoms with Gasteiger partial charge < -0.3 is 13.9 Å². The molecule has 3 heterocycles. The highest BCUT2D eigenvalue weighted by Gasteiger charge is 2.21. The molecule has 2 aromatic rings. The molecule has 0 aliphatic carbocycles. The molecule has 0 aromatic carbocycles. The van der Waals surface area contributed by atoms with E-state index in [0.29, 0.717) is 0 Å². The smallest absolute Gasteiger partial charge is 0.142 e. The number of methoxy groups -OCH3 is 1. The predicted molar refractivity (Wildman–Crippen MR) is 59.7 cm³/mol. The normalized spacial score (nSPS) is 20.4. The van der Waals surface area contributed by atoms with Crippen molar-refractivity contribution in [3.8, 4) is 5.75 Å². The van der Waals surface area contributed by atoms with Crippen molar-refractivity contribution in [3.05, 3.63) is 30.4 Å². The Labute approximate surface area is 93.8 Å². The van der Waals surface area contributed by atoms with Crippen LogP contribution >= 0.6 is 0 Å². The first-order valence-corrected chi connectivity index (χ1v) is 5.51. The van der Waals surface area contributed by atoms with Gasteiger partial charge in [-0.15, -0.1) is 0 Å². The summed E-state index contributed by atoms with van der Waals surface area (Å²) in [7, 11) is 1.67. The molecule has 0 amide bonds. The fraction of sp³-hybridized carbons (Fsp3) is 0.417. The largest absolute Gasteiger partial charge is 0.497 e. The summed E-state index contributed by atoms with van der Waals surface area (Å²) in [5.74, 6) is 1.85. The van der Waals surface area contributed by atoms with Gasteiger partial charge in [-0.2, -0.15) is 0 Å². The van der Waals surface area contributed by atoms with Gasteiger partial charge in [-0.05, 0) is 18.9 Å². The molecule has 4 heteroatoms. The van der Waals surface area contributed by atoms with E-state index in [1.165, 1.54) is 0 Å². The van der Waals surface area contributed by atoms with Crippen molar-refractivity contribution >= 4 is 5.52 Å². The maximum absolute atomic E-state index is 5.65. The first-order valence-electron chi connectivity index (χ1n) is 5.51. The summed E-state index contributed by atoms with van der Waals surface area (Å²) in [6.07, 6.45) is 6.18. The lowest BCUT2D eigenvalue weighted by atomic mass is 10.2. The van der Waals surface area contributed by atoms with Gasteiger partial charge in [0.1, 0.15) is 17.7 Å². The Morgan fingerprint density at radius 3 is 3.25 bits per heavy atom. The molecule has 84 valence electrons. The first-order chi connectivity index (χ1) is 7.88. The van der Waals surface area contributed by atoms with Gasteiger partial charge in [0.2, 0.25) is 0 Å². The number of imidazole rings is 1. The quantitative estimate of drug-likeness (QED) is 0.775. The molecule has 16 heavy (non-hydrogen) atoms. The van der Waals surface area contributed by atoms with Crippen LogP contribution in [0.2, 0.25) is 0 Å². The third-order valence-corrected chi connectivity index (χ3v) is 2.99. The summed E-state index contributed by atoms with van der Waals surface area (Å²) >= 11 is 0. The molecule has 1 fully saturated rings. The van der Waals surface area contributed by atoms with Crippen LogP contribution in [0, 0.1) is 0 Å². The van der Waals surface area contributed by atoms with Crippen molar-refractivity contribution in [1.82, 2.24) is 9.38 Å². The minimum atomic E-state index is 0.149. The van der Waals surface area contributed by atoms with E-state index in [-0.39, 0.29) is 6.10 Å². The topological polar surface area (TPSA) is 35.8 Å². The van der Waals surface area contributed by atoms with Crippen molar-refractivity contribution in [2.24, 2.45) is 0 Å². The van der Waals surface area contributed by atoms with Gasteiger partial charge in [0.15, 0.2) is 0 Å². The predicted octanol–water partition coefficient (Wildman–Crippen LogP) is 2.19. The van der Waals surface area contributed by atoms with E-state index < -0.39 is 0 Å². The zero-order valence-corrected chi connectivity index (χ0v) is 9.22. The van der Waals surface area contributed by atoms with Crippen LogP contribution in [0.4, 0.5) is 0 Å². The molecule has 0 saturated carbocycles. The molecule has 3 rings (SSSR count). The fourth-order valence-electron chi connectivity index (χ4n) is 2.15. The van der Waals surface area contributed by atoms with Crippen molar-refractivity contribution < 1.29 is 9.47 Å². The number of ether oxygens (including phenoxy) is 2.